The van der Waals surface area contributed by atoms with Gasteiger partial charge in [0.2, 0.25) is 0 Å². The molecule has 1 aliphatic heterocycles. The summed E-state index contributed by atoms with van der Waals surface area (Å²) in [6, 6.07) is 10.6. The maximum Gasteiger partial charge on any atom is 0.324 e. The van der Waals surface area contributed by atoms with Crippen molar-refractivity contribution in [3.63, 3.8) is 0 Å². The maximum atomic E-state index is 12.1. The zero-order valence-corrected chi connectivity index (χ0v) is 13.8. The lowest BCUT2D eigenvalue weighted by molar-refractivity contribution is -0.380. The van der Waals surface area contributed by atoms with E-state index < -0.39 is 4.92 Å². The van der Waals surface area contributed by atoms with Gasteiger partial charge in [-0.3, -0.25) is 14.9 Å². The fourth-order valence-electron chi connectivity index (χ4n) is 2.05. The molecule has 0 radical (unpaired) electrons. The lowest BCUT2D eigenvalue weighted by atomic mass is 10.2. The smallest absolute Gasteiger partial charge is 0.321 e. The molecule has 22 heavy (non-hydrogen) atoms. The van der Waals surface area contributed by atoms with E-state index in [-0.39, 0.29) is 10.9 Å². The second-order valence-corrected chi connectivity index (χ2v) is 8.33. The van der Waals surface area contributed by atoms with Crippen LogP contribution in [0.4, 0.5) is 10.7 Å². The Bertz CT molecular complexity index is 711. The van der Waals surface area contributed by atoms with Crippen LogP contribution in [0.5, 0.6) is 0 Å². The standard InChI is InChI=1S/C14H12N2O3S3/c17-13(11-4-5-12(22-11)16(18)19)15-10-3-1-2-9(8-10)14-20-6-7-21-14/h1-5,8,14H,6-7H2,(H,15,17). The van der Waals surface area contributed by atoms with Gasteiger partial charge in [-0.15, -0.1) is 23.5 Å². The van der Waals surface area contributed by atoms with Crippen LogP contribution in [-0.2, 0) is 0 Å². The monoisotopic (exact) mass is 352 g/mol. The van der Waals surface area contributed by atoms with E-state index in [1.165, 1.54) is 17.7 Å². The molecule has 0 saturated carbocycles. The molecule has 114 valence electrons. The molecule has 8 heteroatoms. The molecule has 1 aliphatic rings. The molecule has 0 spiro atoms. The van der Waals surface area contributed by atoms with Crippen molar-refractivity contribution in [2.24, 2.45) is 0 Å². The van der Waals surface area contributed by atoms with Crippen LogP contribution >= 0.6 is 34.9 Å². The quantitative estimate of drug-likeness (QED) is 0.653. The van der Waals surface area contributed by atoms with Crippen LogP contribution in [0, 0.1) is 10.1 Å². The molecule has 0 aliphatic carbocycles. The average Bonchev–Trinajstić information content (AvgIpc) is 3.19. The van der Waals surface area contributed by atoms with Crippen LogP contribution in [0.15, 0.2) is 36.4 Å². The molecule has 1 aromatic heterocycles. The van der Waals surface area contributed by atoms with Gasteiger partial charge in [-0.2, -0.15) is 0 Å². The Labute approximate surface area is 139 Å². The van der Waals surface area contributed by atoms with Crippen molar-refractivity contribution in [2.75, 3.05) is 16.8 Å². The van der Waals surface area contributed by atoms with Gasteiger partial charge in [-0.1, -0.05) is 23.5 Å². The van der Waals surface area contributed by atoms with Crippen molar-refractivity contribution in [2.45, 2.75) is 4.58 Å². The van der Waals surface area contributed by atoms with E-state index in [1.807, 2.05) is 41.7 Å². The summed E-state index contributed by atoms with van der Waals surface area (Å²) in [5, 5.41) is 13.4. The summed E-state index contributed by atoms with van der Waals surface area (Å²) in [6.45, 7) is 0. The first kappa shape index (κ1) is 15.4. The molecule has 1 saturated heterocycles. The number of rotatable bonds is 4. The molecule has 0 atom stereocenters. The van der Waals surface area contributed by atoms with E-state index in [0.29, 0.717) is 15.1 Å². The third-order valence-electron chi connectivity index (χ3n) is 3.03. The van der Waals surface area contributed by atoms with Gasteiger partial charge in [0.15, 0.2) is 0 Å². The Morgan fingerprint density at radius 3 is 2.68 bits per heavy atom. The molecule has 1 amide bonds. The molecule has 5 nitrogen and oxygen atoms in total. The second kappa shape index (κ2) is 6.72. The predicted octanol–water partition coefficient (Wildman–Crippen LogP) is 4.39. The predicted molar refractivity (Wildman–Crippen MR) is 93.0 cm³/mol. The van der Waals surface area contributed by atoms with Gasteiger partial charge in [0, 0.05) is 23.3 Å². The molecular formula is C14H12N2O3S3. The zero-order chi connectivity index (χ0) is 15.5. The first-order chi connectivity index (χ1) is 10.6. The lowest BCUT2D eigenvalue weighted by Gasteiger charge is -2.10. The Morgan fingerprint density at radius 2 is 2.00 bits per heavy atom. The lowest BCUT2D eigenvalue weighted by Crippen LogP contribution is -2.10. The summed E-state index contributed by atoms with van der Waals surface area (Å²) in [7, 11) is 0. The topological polar surface area (TPSA) is 72.2 Å². The van der Waals surface area contributed by atoms with Crippen molar-refractivity contribution in [1.82, 2.24) is 0 Å². The highest BCUT2D eigenvalue weighted by Crippen LogP contribution is 2.45. The van der Waals surface area contributed by atoms with Crippen molar-refractivity contribution in [1.29, 1.82) is 0 Å². The molecule has 2 heterocycles. The third kappa shape index (κ3) is 3.45. The van der Waals surface area contributed by atoms with E-state index in [9.17, 15) is 14.9 Å². The number of anilines is 1. The number of amides is 1. The fourth-order valence-corrected chi connectivity index (χ4v) is 5.61. The number of benzene rings is 1. The maximum absolute atomic E-state index is 12.1. The summed E-state index contributed by atoms with van der Waals surface area (Å²) in [6.07, 6.45) is 0. The van der Waals surface area contributed by atoms with Gasteiger partial charge < -0.3 is 5.32 Å². The third-order valence-corrected chi connectivity index (χ3v) is 7.17. The molecule has 1 aromatic carbocycles. The number of nitro groups is 1. The number of carbonyl (C=O) groups excluding carboxylic acids is 1. The van der Waals surface area contributed by atoms with Crippen LogP contribution in [0.2, 0.25) is 0 Å². The highest BCUT2D eigenvalue weighted by Gasteiger charge is 2.19. The minimum absolute atomic E-state index is 0.0299. The minimum Gasteiger partial charge on any atom is -0.321 e. The summed E-state index contributed by atoms with van der Waals surface area (Å²) in [5.74, 6) is 1.97. The van der Waals surface area contributed by atoms with Gasteiger partial charge in [-0.05, 0) is 23.8 Å². The number of thioether (sulfide) groups is 2. The SMILES string of the molecule is O=C(Nc1cccc(C2SCCS2)c1)c1ccc([N+](=O)[O-])s1. The summed E-state index contributed by atoms with van der Waals surface area (Å²) in [5.41, 5.74) is 1.90. The first-order valence-electron chi connectivity index (χ1n) is 6.52. The molecule has 3 rings (SSSR count). The van der Waals surface area contributed by atoms with Crippen LogP contribution in [0.25, 0.3) is 0 Å². The Balaban J connectivity index is 1.73. The van der Waals surface area contributed by atoms with Crippen LogP contribution in [0.3, 0.4) is 0 Å². The first-order valence-corrected chi connectivity index (χ1v) is 9.43. The normalized spacial score (nSPS) is 14.9. The van der Waals surface area contributed by atoms with E-state index in [2.05, 4.69) is 11.4 Å². The molecule has 2 aromatic rings. The van der Waals surface area contributed by atoms with Crippen molar-refractivity contribution in [3.8, 4) is 0 Å². The molecule has 1 fully saturated rings. The van der Waals surface area contributed by atoms with Crippen LogP contribution in [0.1, 0.15) is 19.8 Å². The number of thiophene rings is 1. The van der Waals surface area contributed by atoms with E-state index in [1.54, 1.807) is 0 Å². The number of hydrogen-bond donors (Lipinski definition) is 1. The fraction of sp³-hybridized carbons (Fsp3) is 0.214. The second-order valence-electron chi connectivity index (χ2n) is 4.55. The van der Waals surface area contributed by atoms with E-state index >= 15 is 0 Å². The van der Waals surface area contributed by atoms with Crippen LogP contribution < -0.4 is 5.32 Å². The van der Waals surface area contributed by atoms with Gasteiger partial charge in [0.05, 0.1) is 14.4 Å². The Kier molecular flexibility index (Phi) is 4.70. The van der Waals surface area contributed by atoms with Crippen molar-refractivity contribution >= 4 is 51.5 Å². The van der Waals surface area contributed by atoms with Crippen molar-refractivity contribution in [3.05, 3.63) is 57.0 Å². The van der Waals surface area contributed by atoms with E-state index in [0.717, 1.165) is 22.8 Å². The summed E-state index contributed by atoms with van der Waals surface area (Å²) >= 11 is 4.69. The van der Waals surface area contributed by atoms with Gasteiger partial charge in [-0.25, -0.2) is 0 Å². The Hall–Kier alpha value is -1.51. The molecular weight excluding hydrogens is 340 g/mol. The zero-order valence-electron chi connectivity index (χ0n) is 11.4. The number of carbonyl (C=O) groups is 1. The molecule has 1 N–H and O–H groups in total. The molecule has 0 unspecified atom stereocenters. The number of nitrogens with zero attached hydrogens (tertiary/aromatic N) is 1. The largest absolute Gasteiger partial charge is 0.324 e. The highest BCUT2D eigenvalue weighted by atomic mass is 32.2. The van der Waals surface area contributed by atoms with E-state index in [4.69, 9.17) is 0 Å². The molecule has 0 bridgehead atoms. The average molecular weight is 352 g/mol. The Morgan fingerprint density at radius 1 is 1.23 bits per heavy atom. The van der Waals surface area contributed by atoms with Crippen LogP contribution in [-0.4, -0.2) is 22.3 Å². The highest BCUT2D eigenvalue weighted by molar-refractivity contribution is 8.19. The van der Waals surface area contributed by atoms with Gasteiger partial charge in [0.25, 0.3) is 5.91 Å². The van der Waals surface area contributed by atoms with Crippen molar-refractivity contribution < 1.29 is 9.72 Å². The number of nitrogens with one attached hydrogen (secondary N) is 1. The van der Waals surface area contributed by atoms with Gasteiger partial charge >= 0.3 is 5.00 Å². The minimum atomic E-state index is -0.489. The summed E-state index contributed by atoms with van der Waals surface area (Å²) in [4.78, 5) is 22.7. The van der Waals surface area contributed by atoms with Gasteiger partial charge in [0.1, 0.15) is 0 Å². The summed E-state index contributed by atoms with van der Waals surface area (Å²) < 4.78 is 0.416. The number of hydrogen-bond acceptors (Lipinski definition) is 6.